The molecule has 0 radical (unpaired) electrons. The molecule has 8 aromatic rings. The molecule has 7 aromatic carbocycles. The van der Waals surface area contributed by atoms with E-state index in [1.54, 1.807) is 0 Å². The number of aromatic nitrogens is 3. The van der Waals surface area contributed by atoms with E-state index in [1.807, 2.05) is 48.5 Å². The molecule has 1 heterocycles. The van der Waals surface area contributed by atoms with Crippen LogP contribution in [-0.2, 0) is 5.41 Å². The summed E-state index contributed by atoms with van der Waals surface area (Å²) in [5, 5.41) is 9.95. The van der Waals surface area contributed by atoms with Gasteiger partial charge in [-0.15, -0.1) is 0 Å². The highest BCUT2D eigenvalue weighted by Crippen LogP contribution is 2.51. The van der Waals surface area contributed by atoms with Crippen molar-refractivity contribution in [1.29, 1.82) is 5.26 Å². The minimum atomic E-state index is -0.159. The SMILES string of the molecule is CC1(C)c2ccc(-c3cccc(-c4ccc(-c5nc(-c6ccccc6)nc(-c6ccc(-c7ccccc7)cc6)n5)cc4)c3)cc2-c2c(C#N)cccc21. The Kier molecular flexibility index (Phi) is 7.83. The second-order valence-corrected chi connectivity index (χ2v) is 14.0. The van der Waals surface area contributed by atoms with Crippen LogP contribution >= 0.6 is 0 Å². The van der Waals surface area contributed by atoms with Crippen LogP contribution in [0.2, 0.25) is 0 Å². The van der Waals surface area contributed by atoms with Crippen molar-refractivity contribution in [2.45, 2.75) is 19.3 Å². The minimum Gasteiger partial charge on any atom is -0.208 e. The van der Waals surface area contributed by atoms with Gasteiger partial charge in [0.25, 0.3) is 0 Å². The van der Waals surface area contributed by atoms with E-state index >= 15 is 0 Å². The molecular weight excluding hydrogens is 645 g/mol. The first-order valence-electron chi connectivity index (χ1n) is 17.8. The molecule has 250 valence electrons. The van der Waals surface area contributed by atoms with E-state index in [2.05, 4.69) is 141 Å². The van der Waals surface area contributed by atoms with Crippen LogP contribution in [0.1, 0.15) is 30.5 Å². The second-order valence-electron chi connectivity index (χ2n) is 14.0. The normalized spacial score (nSPS) is 12.5. The number of rotatable bonds is 6. The van der Waals surface area contributed by atoms with Crippen molar-refractivity contribution < 1.29 is 0 Å². The third-order valence-electron chi connectivity index (χ3n) is 10.4. The Morgan fingerprint density at radius 2 is 0.811 bits per heavy atom. The molecule has 1 aliphatic rings. The van der Waals surface area contributed by atoms with Crippen molar-refractivity contribution in [3.63, 3.8) is 0 Å². The molecule has 0 fully saturated rings. The van der Waals surface area contributed by atoms with E-state index in [1.165, 1.54) is 16.7 Å². The van der Waals surface area contributed by atoms with Crippen molar-refractivity contribution in [3.05, 3.63) is 187 Å². The molecule has 0 amide bonds. The summed E-state index contributed by atoms with van der Waals surface area (Å²) in [4.78, 5) is 14.8. The summed E-state index contributed by atoms with van der Waals surface area (Å²) < 4.78 is 0. The third kappa shape index (κ3) is 5.79. The topological polar surface area (TPSA) is 62.5 Å². The molecule has 0 saturated carbocycles. The zero-order chi connectivity index (χ0) is 35.9. The van der Waals surface area contributed by atoms with Gasteiger partial charge in [-0.05, 0) is 68.3 Å². The average molecular weight is 679 g/mol. The van der Waals surface area contributed by atoms with Gasteiger partial charge in [0.05, 0.1) is 11.6 Å². The van der Waals surface area contributed by atoms with Crippen LogP contribution in [0, 0.1) is 11.3 Å². The van der Waals surface area contributed by atoms with E-state index in [0.29, 0.717) is 17.5 Å². The molecule has 4 nitrogen and oxygen atoms in total. The third-order valence-corrected chi connectivity index (χ3v) is 10.4. The van der Waals surface area contributed by atoms with E-state index in [0.717, 1.165) is 61.2 Å². The Bertz CT molecular complexity index is 2670. The largest absolute Gasteiger partial charge is 0.208 e. The van der Waals surface area contributed by atoms with Crippen molar-refractivity contribution in [1.82, 2.24) is 15.0 Å². The molecule has 1 aromatic heterocycles. The number of hydrogen-bond donors (Lipinski definition) is 0. The minimum absolute atomic E-state index is 0.159. The van der Waals surface area contributed by atoms with Gasteiger partial charge in [-0.2, -0.15) is 5.26 Å². The van der Waals surface area contributed by atoms with Gasteiger partial charge in [0.1, 0.15) is 0 Å². The summed E-state index contributed by atoms with van der Waals surface area (Å²) in [6.07, 6.45) is 0. The fourth-order valence-electron chi connectivity index (χ4n) is 7.56. The van der Waals surface area contributed by atoms with E-state index in [-0.39, 0.29) is 5.41 Å². The Balaban J connectivity index is 1.05. The van der Waals surface area contributed by atoms with Gasteiger partial charge in [-0.3, -0.25) is 0 Å². The van der Waals surface area contributed by atoms with Crippen molar-refractivity contribution >= 4 is 0 Å². The molecule has 0 aliphatic heterocycles. The first kappa shape index (κ1) is 32.0. The van der Waals surface area contributed by atoms with Crippen LogP contribution in [0.3, 0.4) is 0 Å². The van der Waals surface area contributed by atoms with Gasteiger partial charge in [-0.1, -0.05) is 166 Å². The maximum Gasteiger partial charge on any atom is 0.164 e. The second kappa shape index (κ2) is 13.0. The van der Waals surface area contributed by atoms with Gasteiger partial charge in [-0.25, -0.2) is 15.0 Å². The fraction of sp³-hybridized carbons (Fsp3) is 0.0612. The van der Waals surface area contributed by atoms with E-state index < -0.39 is 0 Å². The maximum atomic E-state index is 9.95. The van der Waals surface area contributed by atoms with Gasteiger partial charge < -0.3 is 0 Å². The first-order chi connectivity index (χ1) is 26.0. The number of benzene rings is 7. The Morgan fingerprint density at radius 1 is 0.396 bits per heavy atom. The smallest absolute Gasteiger partial charge is 0.164 e. The number of hydrogen-bond acceptors (Lipinski definition) is 4. The fourth-order valence-corrected chi connectivity index (χ4v) is 7.56. The molecule has 0 unspecified atom stereocenters. The molecular formula is C49H34N4. The molecule has 0 saturated heterocycles. The van der Waals surface area contributed by atoms with Crippen molar-refractivity contribution in [2.24, 2.45) is 0 Å². The molecule has 1 aliphatic carbocycles. The average Bonchev–Trinajstić information content (AvgIpc) is 3.47. The van der Waals surface area contributed by atoms with Crippen molar-refractivity contribution in [3.8, 4) is 84.7 Å². The molecule has 9 rings (SSSR count). The van der Waals surface area contributed by atoms with Crippen LogP contribution in [0.25, 0.3) is 78.7 Å². The lowest BCUT2D eigenvalue weighted by Crippen LogP contribution is -2.14. The Morgan fingerprint density at radius 3 is 1.40 bits per heavy atom. The Hall–Kier alpha value is -6.96. The zero-order valence-electron chi connectivity index (χ0n) is 29.5. The quantitative estimate of drug-likeness (QED) is 0.176. The van der Waals surface area contributed by atoms with Crippen LogP contribution in [-0.4, -0.2) is 15.0 Å². The molecule has 0 bridgehead atoms. The standard InChI is InChI=1S/C49H34N4/c1-49(2)43-28-27-40(30-42(43)45-41(31-50)17-10-18-44(45)49)39-16-9-15-38(29-39)34-21-25-37(26-22-34)48-52-46(35-13-7-4-8-14-35)51-47(53-48)36-23-19-33(20-24-36)32-11-5-3-6-12-32/h3-30H,1-2H3. The Labute approximate surface area is 309 Å². The van der Waals surface area contributed by atoms with E-state index in [9.17, 15) is 5.26 Å². The molecule has 0 N–H and O–H groups in total. The summed E-state index contributed by atoms with van der Waals surface area (Å²) in [6.45, 7) is 4.48. The maximum absolute atomic E-state index is 9.95. The molecule has 53 heavy (non-hydrogen) atoms. The number of nitriles is 1. The highest BCUT2D eigenvalue weighted by Gasteiger charge is 2.36. The number of fused-ring (bicyclic) bond motifs is 3. The van der Waals surface area contributed by atoms with Crippen LogP contribution in [0.5, 0.6) is 0 Å². The molecule has 0 spiro atoms. The van der Waals surface area contributed by atoms with E-state index in [4.69, 9.17) is 15.0 Å². The highest BCUT2D eigenvalue weighted by atomic mass is 15.0. The summed E-state index contributed by atoms with van der Waals surface area (Å²) in [5.41, 5.74) is 14.8. The van der Waals surface area contributed by atoms with Crippen LogP contribution in [0.15, 0.2) is 170 Å². The lowest BCUT2D eigenvalue weighted by molar-refractivity contribution is 0.660. The predicted octanol–water partition coefficient (Wildman–Crippen LogP) is 12.1. The predicted molar refractivity (Wildman–Crippen MR) is 215 cm³/mol. The summed E-state index contributed by atoms with van der Waals surface area (Å²) in [5.74, 6) is 1.89. The monoisotopic (exact) mass is 678 g/mol. The van der Waals surface area contributed by atoms with Crippen molar-refractivity contribution in [2.75, 3.05) is 0 Å². The number of nitrogens with zero attached hydrogens (tertiary/aromatic N) is 4. The lowest BCUT2D eigenvalue weighted by atomic mass is 9.82. The lowest BCUT2D eigenvalue weighted by Gasteiger charge is -2.21. The van der Waals surface area contributed by atoms with Gasteiger partial charge in [0, 0.05) is 27.7 Å². The van der Waals surface area contributed by atoms with Crippen LogP contribution < -0.4 is 0 Å². The zero-order valence-corrected chi connectivity index (χ0v) is 29.5. The van der Waals surface area contributed by atoms with Crippen LogP contribution in [0.4, 0.5) is 0 Å². The van der Waals surface area contributed by atoms with Gasteiger partial charge in [0.15, 0.2) is 17.5 Å². The van der Waals surface area contributed by atoms with Gasteiger partial charge in [0.2, 0.25) is 0 Å². The summed E-state index contributed by atoms with van der Waals surface area (Å²) in [7, 11) is 0. The first-order valence-corrected chi connectivity index (χ1v) is 17.8. The summed E-state index contributed by atoms with van der Waals surface area (Å²) in [6, 6.07) is 61.1. The summed E-state index contributed by atoms with van der Waals surface area (Å²) >= 11 is 0. The molecule has 0 atom stereocenters. The van der Waals surface area contributed by atoms with Gasteiger partial charge >= 0.3 is 0 Å². The highest BCUT2D eigenvalue weighted by molar-refractivity contribution is 5.88. The molecule has 4 heteroatoms.